The van der Waals surface area contributed by atoms with E-state index in [2.05, 4.69) is 45.5 Å². The Hall–Kier alpha value is -2.16. The Labute approximate surface area is 157 Å². The first kappa shape index (κ1) is 20.2. The van der Waals surface area contributed by atoms with Gasteiger partial charge in [0.1, 0.15) is 5.54 Å². The number of carbonyl (C=O) groups is 1. The molecule has 1 heterocycles. The number of carbonyl (C=O) groups excluding carboxylic acids is 1. The summed E-state index contributed by atoms with van der Waals surface area (Å²) in [5.74, 6) is 0.00451. The van der Waals surface area contributed by atoms with Crippen LogP contribution in [-0.4, -0.2) is 60.5 Å². The third-order valence-electron chi connectivity index (χ3n) is 5.09. The third-order valence-corrected chi connectivity index (χ3v) is 5.09. The number of benzene rings is 1. The molecule has 0 saturated carbocycles. The second-order valence-corrected chi connectivity index (χ2v) is 7.41. The van der Waals surface area contributed by atoms with Crippen LogP contribution in [0.1, 0.15) is 26.3 Å². The Kier molecular flexibility index (Phi) is 7.38. The van der Waals surface area contributed by atoms with Crippen molar-refractivity contribution in [3.05, 3.63) is 42.0 Å². The van der Waals surface area contributed by atoms with Gasteiger partial charge in [0.2, 0.25) is 5.91 Å². The molecule has 1 aliphatic heterocycles. The van der Waals surface area contributed by atoms with Crippen molar-refractivity contribution in [1.82, 2.24) is 15.1 Å². The lowest BCUT2D eigenvalue weighted by Gasteiger charge is -2.34. The Bertz CT molecular complexity index is 642. The van der Waals surface area contributed by atoms with Gasteiger partial charge in [0.05, 0.1) is 12.6 Å². The molecule has 1 amide bonds. The van der Waals surface area contributed by atoms with Crippen molar-refractivity contribution in [1.29, 1.82) is 5.26 Å². The molecule has 140 valence electrons. The molecule has 1 saturated heterocycles. The molecule has 0 spiro atoms. The monoisotopic (exact) mass is 354 g/mol. The Morgan fingerprint density at radius 3 is 2.42 bits per heavy atom. The van der Waals surface area contributed by atoms with Crippen molar-refractivity contribution in [3.63, 3.8) is 0 Å². The Balaban J connectivity index is 1.72. The van der Waals surface area contributed by atoms with Crippen LogP contribution < -0.4 is 5.32 Å². The molecular weight excluding hydrogens is 324 g/mol. The average molecular weight is 354 g/mol. The van der Waals surface area contributed by atoms with Crippen LogP contribution in [0.25, 0.3) is 6.08 Å². The molecule has 1 aliphatic rings. The van der Waals surface area contributed by atoms with Crippen LogP contribution in [0.15, 0.2) is 36.4 Å². The Morgan fingerprint density at radius 1 is 1.23 bits per heavy atom. The highest BCUT2D eigenvalue weighted by Gasteiger charge is 2.30. The quantitative estimate of drug-likeness (QED) is 0.817. The van der Waals surface area contributed by atoms with Crippen LogP contribution in [0, 0.1) is 17.2 Å². The van der Waals surface area contributed by atoms with Crippen molar-refractivity contribution in [2.75, 3.05) is 39.3 Å². The largest absolute Gasteiger partial charge is 0.337 e. The normalized spacial score (nSPS) is 18.6. The first-order valence-electron chi connectivity index (χ1n) is 9.31. The van der Waals surface area contributed by atoms with Crippen molar-refractivity contribution >= 4 is 12.0 Å². The minimum atomic E-state index is -0.804. The van der Waals surface area contributed by atoms with E-state index in [0.29, 0.717) is 6.54 Å². The number of hydrogen-bond acceptors (Lipinski definition) is 4. The van der Waals surface area contributed by atoms with E-state index in [-0.39, 0.29) is 11.8 Å². The lowest BCUT2D eigenvalue weighted by Crippen LogP contribution is -2.54. The summed E-state index contributed by atoms with van der Waals surface area (Å²) in [5.41, 5.74) is 0.412. The highest BCUT2D eigenvalue weighted by atomic mass is 16.2. The molecule has 0 bridgehead atoms. The molecule has 0 radical (unpaired) electrons. The fraction of sp³-hybridized carbons (Fsp3) is 0.524. The first-order valence-corrected chi connectivity index (χ1v) is 9.31. The zero-order valence-electron chi connectivity index (χ0n) is 16.1. The van der Waals surface area contributed by atoms with Crippen LogP contribution in [0.4, 0.5) is 0 Å². The minimum Gasteiger partial charge on any atom is -0.337 e. The van der Waals surface area contributed by atoms with Crippen LogP contribution in [0.5, 0.6) is 0 Å². The fourth-order valence-corrected chi connectivity index (χ4v) is 2.87. The third kappa shape index (κ3) is 5.98. The lowest BCUT2D eigenvalue weighted by atomic mass is 9.90. The zero-order chi connectivity index (χ0) is 19.0. The van der Waals surface area contributed by atoms with Crippen molar-refractivity contribution in [2.45, 2.75) is 26.3 Å². The van der Waals surface area contributed by atoms with E-state index in [1.54, 1.807) is 6.92 Å². The maximum absolute atomic E-state index is 12.3. The van der Waals surface area contributed by atoms with Gasteiger partial charge in [-0.2, -0.15) is 5.26 Å². The molecule has 1 fully saturated rings. The topological polar surface area (TPSA) is 59.4 Å². The fourth-order valence-electron chi connectivity index (χ4n) is 2.87. The van der Waals surface area contributed by atoms with Gasteiger partial charge in [-0.15, -0.1) is 0 Å². The van der Waals surface area contributed by atoms with E-state index in [9.17, 15) is 10.1 Å². The van der Waals surface area contributed by atoms with Gasteiger partial charge >= 0.3 is 0 Å². The molecule has 1 aromatic rings. The Morgan fingerprint density at radius 2 is 1.85 bits per heavy atom. The predicted octanol–water partition coefficient (Wildman–Crippen LogP) is 2.37. The van der Waals surface area contributed by atoms with Crippen LogP contribution in [0.2, 0.25) is 0 Å². The molecule has 0 unspecified atom stereocenters. The average Bonchev–Trinajstić information content (AvgIpc) is 2.63. The highest BCUT2D eigenvalue weighted by molar-refractivity contribution is 5.79. The number of rotatable bonds is 7. The van der Waals surface area contributed by atoms with Crippen molar-refractivity contribution in [2.24, 2.45) is 5.92 Å². The molecule has 0 aromatic heterocycles. The maximum atomic E-state index is 12.3. The van der Waals surface area contributed by atoms with Gasteiger partial charge in [-0.05, 0) is 18.4 Å². The summed E-state index contributed by atoms with van der Waals surface area (Å²) < 4.78 is 0. The number of amides is 1. The van der Waals surface area contributed by atoms with Gasteiger partial charge in [0.15, 0.2) is 0 Å². The van der Waals surface area contributed by atoms with Crippen molar-refractivity contribution < 1.29 is 4.79 Å². The summed E-state index contributed by atoms with van der Waals surface area (Å²) in [6.07, 6.45) is 4.34. The predicted molar refractivity (Wildman–Crippen MR) is 105 cm³/mol. The number of nitriles is 1. The smallest absolute Gasteiger partial charge is 0.235 e. The molecule has 1 N–H and O–H groups in total. The van der Waals surface area contributed by atoms with Gasteiger partial charge in [-0.1, -0.05) is 56.3 Å². The highest BCUT2D eigenvalue weighted by Crippen LogP contribution is 2.15. The van der Waals surface area contributed by atoms with Crippen molar-refractivity contribution in [3.8, 4) is 6.07 Å². The number of piperazine rings is 1. The molecule has 0 aliphatic carbocycles. The molecule has 5 nitrogen and oxygen atoms in total. The van der Waals surface area contributed by atoms with E-state index in [1.165, 1.54) is 5.56 Å². The van der Waals surface area contributed by atoms with Gasteiger partial charge in [0.25, 0.3) is 0 Å². The van der Waals surface area contributed by atoms with Crippen LogP contribution in [-0.2, 0) is 4.79 Å². The number of hydrogen-bond donors (Lipinski definition) is 1. The van der Waals surface area contributed by atoms with E-state index in [0.717, 1.165) is 32.7 Å². The summed E-state index contributed by atoms with van der Waals surface area (Å²) >= 11 is 0. The van der Waals surface area contributed by atoms with E-state index < -0.39 is 5.54 Å². The number of nitrogens with zero attached hydrogens (tertiary/aromatic N) is 3. The van der Waals surface area contributed by atoms with E-state index in [4.69, 9.17) is 0 Å². The molecule has 26 heavy (non-hydrogen) atoms. The SMILES string of the molecule is CC(C)[C@@](C)(C#N)NC(=O)CN1CCN(C/C=C/c2ccccc2)CC1. The summed E-state index contributed by atoms with van der Waals surface area (Å²) in [5, 5.41) is 12.2. The molecule has 1 atom stereocenters. The van der Waals surface area contributed by atoms with E-state index >= 15 is 0 Å². The summed E-state index contributed by atoms with van der Waals surface area (Å²) in [7, 11) is 0. The second kappa shape index (κ2) is 9.51. The van der Waals surface area contributed by atoms with Gasteiger partial charge in [-0.3, -0.25) is 14.6 Å². The lowest BCUT2D eigenvalue weighted by molar-refractivity contribution is -0.124. The number of nitrogens with one attached hydrogen (secondary N) is 1. The zero-order valence-corrected chi connectivity index (χ0v) is 16.1. The summed E-state index contributed by atoms with van der Waals surface area (Å²) in [6.45, 7) is 10.6. The summed E-state index contributed by atoms with van der Waals surface area (Å²) in [6, 6.07) is 12.5. The molecular formula is C21H30N4O. The molecule has 5 heteroatoms. The van der Waals surface area contributed by atoms with E-state index in [1.807, 2.05) is 32.0 Å². The summed E-state index contributed by atoms with van der Waals surface area (Å²) in [4.78, 5) is 16.8. The minimum absolute atomic E-state index is 0.0693. The van der Waals surface area contributed by atoms with Crippen LogP contribution >= 0.6 is 0 Å². The molecule has 1 aromatic carbocycles. The molecule has 2 rings (SSSR count). The maximum Gasteiger partial charge on any atom is 0.235 e. The van der Waals surface area contributed by atoms with Crippen LogP contribution in [0.3, 0.4) is 0 Å². The van der Waals surface area contributed by atoms with Gasteiger partial charge < -0.3 is 5.32 Å². The standard InChI is InChI=1S/C21H30N4O/c1-18(2)21(3,17-22)23-20(26)16-25-14-12-24(13-15-25)11-7-10-19-8-5-4-6-9-19/h4-10,18H,11-16H2,1-3H3,(H,23,26)/b10-7+/t21-/m1/s1. The second-order valence-electron chi connectivity index (χ2n) is 7.41. The van der Waals surface area contributed by atoms with Gasteiger partial charge in [-0.25, -0.2) is 0 Å². The van der Waals surface area contributed by atoms with Gasteiger partial charge in [0, 0.05) is 32.7 Å². The first-order chi connectivity index (χ1) is 12.4.